The Hall–Kier alpha value is -0.260. The van der Waals surface area contributed by atoms with Crippen LogP contribution in [0, 0.1) is 19.8 Å². The van der Waals surface area contributed by atoms with Crippen LogP contribution in [0.5, 0.6) is 0 Å². The molecule has 0 rings (SSSR count). The lowest BCUT2D eigenvalue weighted by atomic mass is 9.96. The van der Waals surface area contributed by atoms with Gasteiger partial charge in [-0.1, -0.05) is 129 Å². The highest BCUT2D eigenvalue weighted by molar-refractivity contribution is 4.81. The molecular weight excluding hydrogens is 300 g/mol. The lowest BCUT2D eigenvalue weighted by Crippen LogP contribution is -1.95. The smallest absolute Gasteiger partial charge is 0.0351 e. The molecule has 1 atom stereocenters. The summed E-state index contributed by atoms with van der Waals surface area (Å²) in [5, 5.41) is 0. The second kappa shape index (κ2) is 21.8. The third-order valence-corrected chi connectivity index (χ3v) is 5.30. The van der Waals surface area contributed by atoms with Crippen molar-refractivity contribution in [3.05, 3.63) is 26.0 Å². The molecule has 0 N–H and O–H groups in total. The first-order valence-electron chi connectivity index (χ1n) is 11.5. The maximum Gasteiger partial charge on any atom is -0.0351 e. The van der Waals surface area contributed by atoms with Gasteiger partial charge in [-0.15, -0.1) is 0 Å². The summed E-state index contributed by atoms with van der Waals surface area (Å²) in [5.74, 6) is 0.940. The van der Waals surface area contributed by atoms with Crippen LogP contribution in [0.3, 0.4) is 0 Å². The molecule has 0 spiro atoms. The van der Waals surface area contributed by atoms with Crippen molar-refractivity contribution in [1.29, 1.82) is 0 Å². The van der Waals surface area contributed by atoms with Crippen LogP contribution in [0.15, 0.2) is 12.2 Å². The molecule has 0 aromatic heterocycles. The van der Waals surface area contributed by atoms with E-state index in [0.717, 1.165) is 18.8 Å². The summed E-state index contributed by atoms with van der Waals surface area (Å²) in [6.45, 7) is 10.3. The van der Waals surface area contributed by atoms with Gasteiger partial charge in [0.15, 0.2) is 0 Å². The Labute approximate surface area is 161 Å². The van der Waals surface area contributed by atoms with E-state index in [2.05, 4.69) is 32.9 Å². The predicted octanol–water partition coefficient (Wildman–Crippen LogP) is 9.26. The van der Waals surface area contributed by atoms with E-state index in [1.807, 2.05) is 0 Å². The molecule has 2 radical (unpaired) electrons. The van der Waals surface area contributed by atoms with E-state index in [4.69, 9.17) is 0 Å². The minimum absolute atomic E-state index is 0.940. The largest absolute Gasteiger partial charge is 0.0885 e. The van der Waals surface area contributed by atoms with Crippen molar-refractivity contribution >= 4 is 0 Å². The molecule has 0 nitrogen and oxygen atoms in total. The lowest BCUT2D eigenvalue weighted by molar-refractivity contribution is 0.434. The summed E-state index contributed by atoms with van der Waals surface area (Å²) in [5.41, 5.74) is 0. The molecule has 0 heterocycles. The van der Waals surface area contributed by atoms with Gasteiger partial charge in [0.1, 0.15) is 0 Å². The molecule has 0 saturated carbocycles. The number of allylic oxidation sites excluding steroid dienone is 2. The van der Waals surface area contributed by atoms with E-state index >= 15 is 0 Å². The van der Waals surface area contributed by atoms with Crippen LogP contribution in [0.2, 0.25) is 0 Å². The minimum Gasteiger partial charge on any atom is -0.0885 e. The van der Waals surface area contributed by atoms with E-state index in [0.29, 0.717) is 0 Å². The van der Waals surface area contributed by atoms with Gasteiger partial charge in [-0.2, -0.15) is 0 Å². The fourth-order valence-corrected chi connectivity index (χ4v) is 3.48. The number of unbranched alkanes of at least 4 members (excludes halogenated alkanes) is 14. The van der Waals surface area contributed by atoms with Gasteiger partial charge in [-0.25, -0.2) is 0 Å². The maximum absolute atomic E-state index is 3.91. The second-order valence-electron chi connectivity index (χ2n) is 8.03. The van der Waals surface area contributed by atoms with Crippen LogP contribution in [0.1, 0.15) is 129 Å². The maximum atomic E-state index is 3.91. The van der Waals surface area contributed by atoms with Gasteiger partial charge in [-0.3, -0.25) is 0 Å². The molecule has 148 valence electrons. The Morgan fingerprint density at radius 3 is 1.40 bits per heavy atom. The van der Waals surface area contributed by atoms with Crippen LogP contribution >= 0.6 is 0 Å². The van der Waals surface area contributed by atoms with Gasteiger partial charge in [0, 0.05) is 0 Å². The van der Waals surface area contributed by atoms with Crippen LogP contribution in [0.4, 0.5) is 0 Å². The van der Waals surface area contributed by atoms with E-state index in [1.54, 1.807) is 0 Å². The van der Waals surface area contributed by atoms with E-state index in [1.165, 1.54) is 109 Å². The van der Waals surface area contributed by atoms with Crippen LogP contribution < -0.4 is 0 Å². The van der Waals surface area contributed by atoms with Crippen molar-refractivity contribution in [2.45, 2.75) is 129 Å². The van der Waals surface area contributed by atoms with Gasteiger partial charge in [0.25, 0.3) is 0 Å². The van der Waals surface area contributed by atoms with Gasteiger partial charge >= 0.3 is 0 Å². The third-order valence-electron chi connectivity index (χ3n) is 5.30. The Balaban J connectivity index is 3.19. The highest BCUT2D eigenvalue weighted by Gasteiger charge is 2.02. The summed E-state index contributed by atoms with van der Waals surface area (Å²) in [7, 11) is 0. The van der Waals surface area contributed by atoms with Gasteiger partial charge in [0.05, 0.1) is 0 Å². The Kier molecular flexibility index (Phi) is 21.6. The number of hydrogen-bond acceptors (Lipinski definition) is 0. The Morgan fingerprint density at radius 2 is 0.880 bits per heavy atom. The van der Waals surface area contributed by atoms with Crippen LogP contribution in [-0.2, 0) is 0 Å². The van der Waals surface area contributed by atoms with Crippen molar-refractivity contribution in [2.75, 3.05) is 0 Å². The highest BCUT2D eigenvalue weighted by atomic mass is 14.1. The minimum atomic E-state index is 0.940. The molecule has 0 aliphatic heterocycles. The first kappa shape index (κ1) is 24.7. The summed E-state index contributed by atoms with van der Waals surface area (Å²) >= 11 is 0. The van der Waals surface area contributed by atoms with Crippen molar-refractivity contribution in [1.82, 2.24) is 0 Å². The van der Waals surface area contributed by atoms with Crippen molar-refractivity contribution in [2.24, 2.45) is 5.92 Å². The quantitative estimate of drug-likeness (QED) is 0.152. The average molecular weight is 349 g/mol. The highest BCUT2D eigenvalue weighted by Crippen LogP contribution is 2.18. The van der Waals surface area contributed by atoms with Gasteiger partial charge < -0.3 is 0 Å². The molecule has 0 aliphatic rings. The summed E-state index contributed by atoms with van der Waals surface area (Å²) in [6.07, 6.45) is 30.6. The molecule has 0 fully saturated rings. The molecule has 0 aromatic carbocycles. The number of hydrogen-bond donors (Lipinski definition) is 0. The Bertz CT molecular complexity index is 253. The zero-order valence-electron chi connectivity index (χ0n) is 17.6. The first-order valence-corrected chi connectivity index (χ1v) is 11.5. The number of rotatable bonds is 20. The zero-order chi connectivity index (χ0) is 18.4. The van der Waals surface area contributed by atoms with Crippen molar-refractivity contribution in [3.8, 4) is 0 Å². The van der Waals surface area contributed by atoms with E-state index in [-0.39, 0.29) is 0 Å². The monoisotopic (exact) mass is 348 g/mol. The standard InChI is InChI=1S/C25H48/c1-4-6-8-10-12-14-16-18-20-22-24-25(3)23-21-19-17-15-13-11-9-7-5-2/h12,14,25H,1-2,4-11,13,15-24H2,3H3. The average Bonchev–Trinajstić information content (AvgIpc) is 2.62. The summed E-state index contributed by atoms with van der Waals surface area (Å²) in [6, 6.07) is 0. The SMILES string of the molecule is [CH2]CCCCC=CCCCCCC(C)CCCCCCCCCC[CH2]. The van der Waals surface area contributed by atoms with Crippen LogP contribution in [0.25, 0.3) is 0 Å². The normalized spacial score (nSPS) is 12.9. The molecule has 0 aliphatic carbocycles. The molecule has 0 amide bonds. The molecule has 25 heavy (non-hydrogen) atoms. The first-order chi connectivity index (χ1) is 12.3. The van der Waals surface area contributed by atoms with Gasteiger partial charge in [0.2, 0.25) is 0 Å². The van der Waals surface area contributed by atoms with Crippen LogP contribution in [-0.4, -0.2) is 0 Å². The summed E-state index contributed by atoms with van der Waals surface area (Å²) < 4.78 is 0. The lowest BCUT2D eigenvalue weighted by Gasteiger charge is -2.10. The van der Waals surface area contributed by atoms with Gasteiger partial charge in [-0.05, 0) is 31.6 Å². The second-order valence-corrected chi connectivity index (χ2v) is 8.03. The molecular formula is C25H48. The predicted molar refractivity (Wildman–Crippen MR) is 117 cm³/mol. The van der Waals surface area contributed by atoms with Crippen molar-refractivity contribution < 1.29 is 0 Å². The molecule has 0 aromatic rings. The summed E-state index contributed by atoms with van der Waals surface area (Å²) in [4.78, 5) is 0. The molecule has 0 bridgehead atoms. The third kappa shape index (κ3) is 21.7. The topological polar surface area (TPSA) is 0 Å². The van der Waals surface area contributed by atoms with E-state index in [9.17, 15) is 0 Å². The zero-order valence-corrected chi connectivity index (χ0v) is 17.6. The molecule has 0 saturated heterocycles. The van der Waals surface area contributed by atoms with Crippen molar-refractivity contribution in [3.63, 3.8) is 0 Å². The fraction of sp³-hybridized carbons (Fsp3) is 0.840. The molecule has 1 unspecified atom stereocenters. The Morgan fingerprint density at radius 1 is 0.520 bits per heavy atom. The van der Waals surface area contributed by atoms with E-state index < -0.39 is 0 Å². The molecule has 0 heteroatoms. The fourth-order valence-electron chi connectivity index (χ4n) is 3.48.